The molecule has 2 aromatic rings. The number of unbranched alkanes of at least 4 members (excludes halogenated alkanes) is 1. The second-order valence-corrected chi connectivity index (χ2v) is 8.14. The number of rotatable bonds is 10. The zero-order valence-corrected chi connectivity index (χ0v) is 17.1. The number of hydrogen-bond acceptors (Lipinski definition) is 4. The molecule has 0 atom stereocenters. The Morgan fingerprint density at radius 2 is 1.81 bits per heavy atom. The minimum absolute atomic E-state index is 0.222. The molecule has 0 amide bonds. The van der Waals surface area contributed by atoms with Crippen molar-refractivity contribution in [1.82, 2.24) is 4.98 Å². The van der Waals surface area contributed by atoms with Gasteiger partial charge < -0.3 is 4.74 Å². The largest absolute Gasteiger partial charge is 0.493 e. The van der Waals surface area contributed by atoms with Gasteiger partial charge in [-0.2, -0.15) is 0 Å². The smallest absolute Gasteiger partial charge is 0.163 e. The average molecular weight is 372 g/mol. The Balaban J connectivity index is 1.79. The molecule has 0 radical (unpaired) electrons. The third-order valence-corrected chi connectivity index (χ3v) is 5.44. The van der Waals surface area contributed by atoms with Gasteiger partial charge in [0.05, 0.1) is 6.61 Å². The van der Waals surface area contributed by atoms with Gasteiger partial charge in [0.1, 0.15) is 5.75 Å². The minimum atomic E-state index is 0.222. The summed E-state index contributed by atoms with van der Waals surface area (Å²) in [6.07, 6.45) is 6.37. The molecule has 0 N–H and O–H groups in total. The maximum atomic E-state index is 12.3. The number of Topliss-reactive ketones (excluding diaryl/α,β-unsaturated/α-hetero) is 1. The van der Waals surface area contributed by atoms with Gasteiger partial charge >= 0.3 is 0 Å². The summed E-state index contributed by atoms with van der Waals surface area (Å²) in [6, 6.07) is 7.94. The van der Waals surface area contributed by atoms with E-state index in [0.29, 0.717) is 18.9 Å². The topological polar surface area (TPSA) is 39.2 Å². The van der Waals surface area contributed by atoms with Crippen molar-refractivity contribution in [2.75, 3.05) is 12.4 Å². The number of pyridine rings is 1. The first-order valence-electron chi connectivity index (χ1n) is 9.28. The van der Waals surface area contributed by atoms with Crippen LogP contribution in [0.4, 0.5) is 0 Å². The van der Waals surface area contributed by atoms with E-state index >= 15 is 0 Å². The number of hydrogen-bond donors (Lipinski definition) is 0. The van der Waals surface area contributed by atoms with Gasteiger partial charge in [-0.05, 0) is 73.8 Å². The van der Waals surface area contributed by atoms with Crippen LogP contribution < -0.4 is 4.74 Å². The van der Waals surface area contributed by atoms with Crippen LogP contribution in [0.1, 0.15) is 54.6 Å². The molecule has 0 aliphatic rings. The Kier molecular flexibility index (Phi) is 8.17. The summed E-state index contributed by atoms with van der Waals surface area (Å²) in [6.45, 7) is 8.91. The highest BCUT2D eigenvalue weighted by Gasteiger charge is 2.14. The van der Waals surface area contributed by atoms with Crippen molar-refractivity contribution in [2.45, 2.75) is 51.9 Å². The van der Waals surface area contributed by atoms with E-state index in [1.807, 2.05) is 62.3 Å². The number of ketones is 1. The third kappa shape index (κ3) is 6.17. The second-order valence-electron chi connectivity index (χ2n) is 6.97. The molecular formula is C22H29NO2S. The van der Waals surface area contributed by atoms with Crippen LogP contribution in [0.5, 0.6) is 5.75 Å². The highest BCUT2D eigenvalue weighted by molar-refractivity contribution is 7.99. The molecule has 3 nitrogen and oxygen atoms in total. The van der Waals surface area contributed by atoms with Gasteiger partial charge in [-0.15, -0.1) is 11.8 Å². The zero-order chi connectivity index (χ0) is 18.9. The van der Waals surface area contributed by atoms with E-state index in [1.54, 1.807) is 0 Å². The van der Waals surface area contributed by atoms with Crippen LogP contribution in [0.3, 0.4) is 0 Å². The molecule has 140 valence electrons. The zero-order valence-electron chi connectivity index (χ0n) is 16.2. The first kappa shape index (κ1) is 20.5. The number of thioether (sulfide) groups is 1. The van der Waals surface area contributed by atoms with Gasteiger partial charge in [-0.3, -0.25) is 9.78 Å². The van der Waals surface area contributed by atoms with E-state index in [-0.39, 0.29) is 5.78 Å². The van der Waals surface area contributed by atoms with Crippen LogP contribution in [0, 0.1) is 19.8 Å². The summed E-state index contributed by atoms with van der Waals surface area (Å²) in [5.74, 6) is 2.57. The fraction of sp³-hybridized carbons (Fsp3) is 0.455. The lowest BCUT2D eigenvalue weighted by molar-refractivity contribution is 0.0967. The molecule has 4 heteroatoms. The molecule has 0 spiro atoms. The molecule has 1 aromatic heterocycles. The lowest BCUT2D eigenvalue weighted by Crippen LogP contribution is -2.08. The van der Waals surface area contributed by atoms with Crippen molar-refractivity contribution >= 4 is 17.5 Å². The highest BCUT2D eigenvalue weighted by atomic mass is 32.2. The summed E-state index contributed by atoms with van der Waals surface area (Å²) < 4.78 is 5.96. The number of carbonyl (C=O) groups is 1. The van der Waals surface area contributed by atoms with Crippen LogP contribution in [0.2, 0.25) is 0 Å². The average Bonchev–Trinajstić information content (AvgIpc) is 2.61. The number of benzene rings is 1. The molecule has 1 aromatic carbocycles. The quantitative estimate of drug-likeness (QED) is 0.297. The molecule has 0 saturated heterocycles. The van der Waals surface area contributed by atoms with E-state index in [9.17, 15) is 4.79 Å². The van der Waals surface area contributed by atoms with Gasteiger partial charge in [0.2, 0.25) is 0 Å². The Labute approximate surface area is 161 Å². The van der Waals surface area contributed by atoms with E-state index in [0.717, 1.165) is 41.0 Å². The minimum Gasteiger partial charge on any atom is -0.493 e. The van der Waals surface area contributed by atoms with Crippen LogP contribution in [0.25, 0.3) is 0 Å². The molecule has 2 rings (SSSR count). The first-order chi connectivity index (χ1) is 12.5. The molecule has 0 unspecified atom stereocenters. The molecule has 0 aliphatic heterocycles. The van der Waals surface area contributed by atoms with Crippen molar-refractivity contribution in [1.29, 1.82) is 0 Å². The Bertz CT molecular complexity index is 714. The molecule has 0 fully saturated rings. The third-order valence-electron chi connectivity index (χ3n) is 4.35. The molecule has 0 aliphatic carbocycles. The fourth-order valence-corrected chi connectivity index (χ4v) is 3.64. The van der Waals surface area contributed by atoms with E-state index < -0.39 is 0 Å². The second kappa shape index (κ2) is 10.4. The van der Waals surface area contributed by atoms with E-state index in [4.69, 9.17) is 4.74 Å². The molecule has 0 saturated carbocycles. The van der Waals surface area contributed by atoms with Crippen molar-refractivity contribution in [3.8, 4) is 5.75 Å². The van der Waals surface area contributed by atoms with Gasteiger partial charge in [0.25, 0.3) is 0 Å². The maximum absolute atomic E-state index is 12.3. The number of aromatic nitrogens is 1. The lowest BCUT2D eigenvalue weighted by atomic mass is 9.95. The van der Waals surface area contributed by atoms with Crippen LogP contribution >= 0.6 is 11.8 Å². The van der Waals surface area contributed by atoms with Gasteiger partial charge in [0, 0.05) is 29.3 Å². The van der Waals surface area contributed by atoms with Crippen LogP contribution in [0.15, 0.2) is 41.6 Å². The molecule has 26 heavy (non-hydrogen) atoms. The lowest BCUT2D eigenvalue weighted by Gasteiger charge is -2.14. The Morgan fingerprint density at radius 1 is 1.08 bits per heavy atom. The normalized spacial score (nSPS) is 11.0. The predicted octanol–water partition coefficient (Wildman–Crippen LogP) is 5.88. The highest BCUT2D eigenvalue weighted by Crippen LogP contribution is 2.26. The summed E-state index contributed by atoms with van der Waals surface area (Å²) >= 11 is 1.85. The SMILES string of the molecule is Cc1c(OCCCCSc2ccncc2)ccc(C(=O)CC(C)C)c1C. The Morgan fingerprint density at radius 3 is 2.50 bits per heavy atom. The van der Waals surface area contributed by atoms with Crippen molar-refractivity contribution in [3.63, 3.8) is 0 Å². The summed E-state index contributed by atoms with van der Waals surface area (Å²) in [5, 5.41) is 0. The standard InChI is InChI=1S/C22H29NO2S/c1-16(2)15-21(24)20-7-8-22(18(4)17(20)3)25-13-5-6-14-26-19-9-11-23-12-10-19/h7-12,16H,5-6,13-15H2,1-4H3. The van der Waals surface area contributed by atoms with Crippen LogP contribution in [-0.4, -0.2) is 23.1 Å². The predicted molar refractivity (Wildman–Crippen MR) is 109 cm³/mol. The van der Waals surface area contributed by atoms with Crippen molar-refractivity contribution < 1.29 is 9.53 Å². The monoisotopic (exact) mass is 371 g/mol. The van der Waals surface area contributed by atoms with E-state index in [1.165, 1.54) is 4.90 Å². The van der Waals surface area contributed by atoms with Gasteiger partial charge in [-0.1, -0.05) is 13.8 Å². The summed E-state index contributed by atoms with van der Waals surface area (Å²) in [4.78, 5) is 17.6. The summed E-state index contributed by atoms with van der Waals surface area (Å²) in [5.41, 5.74) is 2.95. The molecule has 0 bridgehead atoms. The number of nitrogens with zero attached hydrogens (tertiary/aromatic N) is 1. The van der Waals surface area contributed by atoms with Crippen LogP contribution in [-0.2, 0) is 0 Å². The maximum Gasteiger partial charge on any atom is 0.163 e. The first-order valence-corrected chi connectivity index (χ1v) is 10.3. The Hall–Kier alpha value is -1.81. The molecular weight excluding hydrogens is 342 g/mol. The van der Waals surface area contributed by atoms with Crippen molar-refractivity contribution in [2.24, 2.45) is 5.92 Å². The summed E-state index contributed by atoms with van der Waals surface area (Å²) in [7, 11) is 0. The fourth-order valence-electron chi connectivity index (χ4n) is 2.75. The van der Waals surface area contributed by atoms with E-state index in [2.05, 4.69) is 18.8 Å². The van der Waals surface area contributed by atoms with Gasteiger partial charge in [-0.25, -0.2) is 0 Å². The number of carbonyl (C=O) groups excluding carboxylic acids is 1. The molecule has 1 heterocycles. The van der Waals surface area contributed by atoms with Crippen molar-refractivity contribution in [3.05, 3.63) is 53.3 Å². The van der Waals surface area contributed by atoms with Gasteiger partial charge in [0.15, 0.2) is 5.78 Å². The number of ether oxygens (including phenoxy) is 1.